The number of ether oxygens (including phenoxy) is 2. The Labute approximate surface area is 147 Å². The van der Waals surface area contributed by atoms with Crippen LogP contribution in [0.15, 0.2) is 11.8 Å². The number of carbonyl (C=O) groups is 3. The number of rotatable bonds is 9. The monoisotopic (exact) mass is 379 g/mol. The van der Waals surface area contributed by atoms with Crippen molar-refractivity contribution in [2.24, 2.45) is 0 Å². The molecule has 1 aliphatic rings. The first-order valence-electron chi connectivity index (χ1n) is 7.45. The van der Waals surface area contributed by atoms with Crippen molar-refractivity contribution >= 4 is 18.2 Å². The van der Waals surface area contributed by atoms with E-state index in [1.165, 1.54) is 0 Å². The summed E-state index contributed by atoms with van der Waals surface area (Å²) >= 11 is 0. The fraction of sp³-hybridized carbons (Fsp3) is 0.643. The van der Waals surface area contributed by atoms with Crippen LogP contribution in [-0.4, -0.2) is 98.3 Å². The van der Waals surface area contributed by atoms with Crippen LogP contribution >= 0.6 is 0 Å². The fourth-order valence-electron chi connectivity index (χ4n) is 2.17. The molecule has 148 valence electrons. The molecule has 7 N–H and O–H groups in total. The van der Waals surface area contributed by atoms with Crippen LogP contribution in [-0.2, 0) is 23.9 Å². The summed E-state index contributed by atoms with van der Waals surface area (Å²) in [4.78, 5) is 33.4. The van der Waals surface area contributed by atoms with Gasteiger partial charge in [0.05, 0.1) is 6.61 Å². The van der Waals surface area contributed by atoms with E-state index in [0.717, 1.165) is 6.92 Å². The molecule has 0 bridgehead atoms. The maximum Gasteiger partial charge on any atom is 0.371 e. The minimum absolute atomic E-state index is 0.166. The molecular formula is C14H21NO11. The Morgan fingerprint density at radius 1 is 1.38 bits per heavy atom. The maximum atomic E-state index is 11.2. The van der Waals surface area contributed by atoms with Crippen LogP contribution in [0.25, 0.3) is 0 Å². The number of aliphatic carboxylic acids is 1. The van der Waals surface area contributed by atoms with E-state index in [4.69, 9.17) is 19.7 Å². The molecule has 26 heavy (non-hydrogen) atoms. The maximum absolute atomic E-state index is 11.2. The zero-order chi connectivity index (χ0) is 20.0. The molecule has 12 nitrogen and oxygen atoms in total. The highest BCUT2D eigenvalue weighted by atomic mass is 16.7. The number of carboxylic acid groups (broad SMARTS) is 1. The van der Waals surface area contributed by atoms with Gasteiger partial charge in [-0.2, -0.15) is 0 Å². The Morgan fingerprint density at radius 3 is 2.46 bits per heavy atom. The second-order valence-corrected chi connectivity index (χ2v) is 5.51. The van der Waals surface area contributed by atoms with E-state index in [1.807, 2.05) is 0 Å². The summed E-state index contributed by atoms with van der Waals surface area (Å²) in [6.45, 7) is 0.132. The van der Waals surface area contributed by atoms with Gasteiger partial charge in [0.1, 0.15) is 42.8 Å². The number of nitrogens with one attached hydrogen (secondary N) is 1. The van der Waals surface area contributed by atoms with Crippen LogP contribution in [0.5, 0.6) is 0 Å². The summed E-state index contributed by atoms with van der Waals surface area (Å²) < 4.78 is 10.1. The van der Waals surface area contributed by atoms with Gasteiger partial charge in [-0.15, -0.1) is 0 Å². The van der Waals surface area contributed by atoms with E-state index in [1.54, 1.807) is 0 Å². The van der Waals surface area contributed by atoms with Crippen molar-refractivity contribution in [3.63, 3.8) is 0 Å². The highest BCUT2D eigenvalue weighted by Gasteiger charge is 2.42. The van der Waals surface area contributed by atoms with Gasteiger partial charge in [0, 0.05) is 6.92 Å². The molecular weight excluding hydrogens is 358 g/mol. The molecule has 0 spiro atoms. The molecule has 0 radical (unpaired) electrons. The first-order valence-corrected chi connectivity index (χ1v) is 7.45. The number of carboxylic acids is 1. The van der Waals surface area contributed by atoms with Crippen LogP contribution < -0.4 is 5.32 Å². The quantitative estimate of drug-likeness (QED) is 0.191. The Bertz CT molecular complexity index is 551. The number of aldehydes is 1. The molecule has 0 aromatic heterocycles. The molecule has 1 amide bonds. The summed E-state index contributed by atoms with van der Waals surface area (Å²) in [6, 6.07) is -1.55. The number of carbonyl (C=O) groups excluding carboxylic acids is 2. The van der Waals surface area contributed by atoms with E-state index in [2.05, 4.69) is 5.32 Å². The van der Waals surface area contributed by atoms with E-state index < -0.39 is 67.1 Å². The Kier molecular flexibility index (Phi) is 8.08. The van der Waals surface area contributed by atoms with Crippen molar-refractivity contribution in [1.82, 2.24) is 5.32 Å². The molecule has 0 fully saturated rings. The third-order valence-electron chi connectivity index (χ3n) is 3.48. The predicted octanol–water partition coefficient (Wildman–Crippen LogP) is -4.16. The van der Waals surface area contributed by atoms with Crippen molar-refractivity contribution in [3.8, 4) is 0 Å². The Morgan fingerprint density at radius 2 is 2.00 bits per heavy atom. The van der Waals surface area contributed by atoms with Crippen LogP contribution in [0.4, 0.5) is 0 Å². The van der Waals surface area contributed by atoms with Gasteiger partial charge >= 0.3 is 5.97 Å². The molecule has 1 heterocycles. The molecule has 0 aromatic rings. The molecule has 0 unspecified atom stereocenters. The zero-order valence-corrected chi connectivity index (χ0v) is 13.6. The second kappa shape index (κ2) is 9.56. The first-order chi connectivity index (χ1) is 12.1. The smallest absolute Gasteiger partial charge is 0.371 e. The second-order valence-electron chi connectivity index (χ2n) is 5.51. The van der Waals surface area contributed by atoms with Gasteiger partial charge in [-0.05, 0) is 6.08 Å². The number of aliphatic hydroxyl groups excluding tert-OH is 5. The zero-order valence-electron chi connectivity index (χ0n) is 13.6. The Hall–Kier alpha value is -2.09. The van der Waals surface area contributed by atoms with E-state index in [0.29, 0.717) is 6.08 Å². The van der Waals surface area contributed by atoms with Crippen molar-refractivity contribution in [2.45, 2.75) is 49.8 Å². The highest BCUT2D eigenvalue weighted by molar-refractivity contribution is 5.84. The number of hydrogen-bond donors (Lipinski definition) is 7. The largest absolute Gasteiger partial charge is 0.475 e. The van der Waals surface area contributed by atoms with Crippen molar-refractivity contribution < 1.29 is 54.5 Å². The number of amides is 1. The topological polar surface area (TPSA) is 203 Å². The minimum Gasteiger partial charge on any atom is -0.475 e. The van der Waals surface area contributed by atoms with Gasteiger partial charge in [-0.25, -0.2) is 4.79 Å². The first kappa shape index (κ1) is 22.0. The lowest BCUT2D eigenvalue weighted by Crippen LogP contribution is -2.57. The molecule has 12 heteroatoms. The molecule has 0 saturated heterocycles. The molecule has 0 saturated carbocycles. The van der Waals surface area contributed by atoms with E-state index in [-0.39, 0.29) is 6.29 Å². The molecule has 0 aliphatic carbocycles. The SMILES string of the molecule is CC(=O)N[C@H](C=O)[C@H](O[C@@H]1OC(C(=O)O)=C[C@H](O)[C@@H]1O)[C@H](O)[C@@H](O)CO. The number of hydrogen-bond acceptors (Lipinski definition) is 10. The van der Waals surface area contributed by atoms with Crippen molar-refractivity contribution in [3.05, 3.63) is 11.8 Å². The normalized spacial score (nSPS) is 27.3. The van der Waals surface area contributed by atoms with Crippen LogP contribution in [0.1, 0.15) is 6.92 Å². The predicted molar refractivity (Wildman–Crippen MR) is 80.2 cm³/mol. The van der Waals surface area contributed by atoms with Crippen molar-refractivity contribution in [1.29, 1.82) is 0 Å². The van der Waals surface area contributed by atoms with Crippen LogP contribution in [0, 0.1) is 0 Å². The fourth-order valence-corrected chi connectivity index (χ4v) is 2.17. The molecule has 1 aliphatic heterocycles. The van der Waals surface area contributed by atoms with E-state index in [9.17, 15) is 34.8 Å². The van der Waals surface area contributed by atoms with Gasteiger partial charge < -0.3 is 50.2 Å². The lowest BCUT2D eigenvalue weighted by atomic mass is 10.0. The van der Waals surface area contributed by atoms with Gasteiger partial charge in [-0.3, -0.25) is 4.79 Å². The van der Waals surface area contributed by atoms with Crippen LogP contribution in [0.2, 0.25) is 0 Å². The highest BCUT2D eigenvalue weighted by Crippen LogP contribution is 2.23. The average molecular weight is 379 g/mol. The van der Waals surface area contributed by atoms with Gasteiger partial charge in [0.2, 0.25) is 18.0 Å². The van der Waals surface area contributed by atoms with Gasteiger partial charge in [0.15, 0.2) is 0 Å². The third kappa shape index (κ3) is 5.45. The molecule has 7 atom stereocenters. The minimum atomic E-state index is -1.94. The lowest BCUT2D eigenvalue weighted by Gasteiger charge is -2.37. The summed E-state index contributed by atoms with van der Waals surface area (Å²) in [5.41, 5.74) is 0. The number of aliphatic hydroxyl groups is 5. The lowest BCUT2D eigenvalue weighted by molar-refractivity contribution is -0.248. The summed E-state index contributed by atoms with van der Waals surface area (Å²) in [7, 11) is 0. The molecule has 0 aromatic carbocycles. The standard InChI is InChI=1S/C14H21NO11/c1-5(18)15-6(3-16)12(10(21)8(20)4-17)26-14-11(22)7(19)2-9(25-14)13(23)24/h2-3,6-8,10-12,14,17,19-22H,4H2,1H3,(H,15,18)(H,23,24)/t6-,7+,8+,10-,11+,12+,14+/m1/s1. The van der Waals surface area contributed by atoms with Crippen LogP contribution in [0.3, 0.4) is 0 Å². The van der Waals surface area contributed by atoms with Gasteiger partial charge in [0.25, 0.3) is 0 Å². The molecule has 1 rings (SSSR count). The summed E-state index contributed by atoms with van der Waals surface area (Å²) in [6.07, 6.45) is -9.96. The third-order valence-corrected chi connectivity index (χ3v) is 3.48. The van der Waals surface area contributed by atoms with Gasteiger partial charge in [-0.1, -0.05) is 0 Å². The van der Waals surface area contributed by atoms with E-state index >= 15 is 0 Å². The summed E-state index contributed by atoms with van der Waals surface area (Å²) in [5, 5.41) is 59.2. The summed E-state index contributed by atoms with van der Waals surface area (Å²) in [5.74, 6) is -3.03. The average Bonchev–Trinajstić information content (AvgIpc) is 2.59. The van der Waals surface area contributed by atoms with Crippen molar-refractivity contribution in [2.75, 3.05) is 6.61 Å². The Balaban J connectivity index is 3.10.